The van der Waals surface area contributed by atoms with E-state index in [4.69, 9.17) is 25.8 Å². The molecule has 1 aliphatic heterocycles. The van der Waals surface area contributed by atoms with Crippen molar-refractivity contribution in [1.29, 1.82) is 0 Å². The van der Waals surface area contributed by atoms with Crippen molar-refractivity contribution >= 4 is 11.6 Å². The van der Waals surface area contributed by atoms with Gasteiger partial charge in [-0.25, -0.2) is 4.98 Å². The summed E-state index contributed by atoms with van der Waals surface area (Å²) >= 11 is 6.08. The Bertz CT molecular complexity index is 1050. The Morgan fingerprint density at radius 1 is 1.03 bits per heavy atom. The van der Waals surface area contributed by atoms with Gasteiger partial charge in [-0.1, -0.05) is 36.7 Å². The van der Waals surface area contributed by atoms with E-state index in [1.165, 1.54) is 5.56 Å². The van der Waals surface area contributed by atoms with Crippen LogP contribution in [0.1, 0.15) is 31.2 Å². The minimum Gasteiger partial charge on any atom is -0.492 e. The van der Waals surface area contributed by atoms with E-state index in [1.54, 1.807) is 7.11 Å². The van der Waals surface area contributed by atoms with Crippen LogP contribution >= 0.6 is 11.6 Å². The minimum atomic E-state index is -0.269. The molecular formula is C27H34ClN3O3. The molecule has 0 atom stereocenters. The zero-order valence-electron chi connectivity index (χ0n) is 20.1. The molecule has 3 aromatic rings. The molecule has 182 valence electrons. The highest BCUT2D eigenvalue weighted by Crippen LogP contribution is 2.29. The number of hydrogen-bond donors (Lipinski definition) is 0. The molecule has 1 saturated heterocycles. The molecule has 7 heteroatoms. The first-order valence-corrected chi connectivity index (χ1v) is 12.3. The van der Waals surface area contributed by atoms with Crippen LogP contribution in [0.25, 0.3) is 0 Å². The lowest BCUT2D eigenvalue weighted by molar-refractivity contribution is -0.0839. The number of methoxy groups -OCH3 is 1. The van der Waals surface area contributed by atoms with Gasteiger partial charge in [-0.2, -0.15) is 0 Å². The predicted molar refractivity (Wildman–Crippen MR) is 135 cm³/mol. The summed E-state index contributed by atoms with van der Waals surface area (Å²) in [5.41, 5.74) is 0.989. The smallest absolute Gasteiger partial charge is 0.120 e. The van der Waals surface area contributed by atoms with Crippen molar-refractivity contribution in [2.75, 3.05) is 33.4 Å². The van der Waals surface area contributed by atoms with Crippen LogP contribution in [0, 0.1) is 0 Å². The largest absolute Gasteiger partial charge is 0.492 e. The Morgan fingerprint density at radius 3 is 2.53 bits per heavy atom. The number of aryl methyl sites for hydroxylation is 1. The highest BCUT2D eigenvalue weighted by atomic mass is 35.5. The number of rotatable bonds is 11. The van der Waals surface area contributed by atoms with E-state index in [1.807, 2.05) is 42.7 Å². The number of halogens is 1. The second-order valence-corrected chi connectivity index (χ2v) is 9.23. The molecule has 1 aliphatic rings. The summed E-state index contributed by atoms with van der Waals surface area (Å²) < 4.78 is 20.1. The Hall–Kier alpha value is -2.54. The fraction of sp³-hybridized carbons (Fsp3) is 0.444. The number of piperidine rings is 1. The van der Waals surface area contributed by atoms with E-state index in [-0.39, 0.29) is 5.60 Å². The summed E-state index contributed by atoms with van der Waals surface area (Å²) in [6.07, 6.45) is 6.63. The highest BCUT2D eigenvalue weighted by Gasteiger charge is 2.35. The normalized spacial score (nSPS) is 15.9. The van der Waals surface area contributed by atoms with Crippen molar-refractivity contribution in [2.24, 2.45) is 0 Å². The Kier molecular flexibility index (Phi) is 8.48. The summed E-state index contributed by atoms with van der Waals surface area (Å²) in [6, 6.07) is 15.9. The van der Waals surface area contributed by atoms with Crippen LogP contribution in [-0.2, 0) is 24.2 Å². The van der Waals surface area contributed by atoms with Crippen molar-refractivity contribution in [3.63, 3.8) is 0 Å². The molecule has 2 heterocycles. The van der Waals surface area contributed by atoms with Gasteiger partial charge in [0, 0.05) is 50.6 Å². The summed E-state index contributed by atoms with van der Waals surface area (Å²) in [7, 11) is 1.78. The number of hydrogen-bond acceptors (Lipinski definition) is 5. The van der Waals surface area contributed by atoms with Gasteiger partial charge in [0.25, 0.3) is 0 Å². The molecule has 0 aliphatic carbocycles. The molecule has 0 saturated carbocycles. The molecule has 2 aromatic carbocycles. The summed E-state index contributed by atoms with van der Waals surface area (Å²) in [6.45, 7) is 6.88. The van der Waals surface area contributed by atoms with Gasteiger partial charge in [0.1, 0.15) is 36.1 Å². The SMILES string of the molecule is CCc1nccn1CCOc1cccc(CN2CCC(COc3cccc(Cl)c3)(OC)CC2)c1. The third-order valence-electron chi connectivity index (χ3n) is 6.52. The van der Waals surface area contributed by atoms with Crippen LogP contribution in [-0.4, -0.2) is 53.5 Å². The zero-order valence-corrected chi connectivity index (χ0v) is 20.8. The van der Waals surface area contributed by atoms with Gasteiger partial charge in [0.15, 0.2) is 0 Å². The maximum atomic E-state index is 6.08. The van der Waals surface area contributed by atoms with Gasteiger partial charge in [0.05, 0.1) is 6.54 Å². The summed E-state index contributed by atoms with van der Waals surface area (Å²) in [4.78, 5) is 6.83. The topological polar surface area (TPSA) is 48.8 Å². The molecule has 0 amide bonds. The Balaban J connectivity index is 1.25. The van der Waals surface area contributed by atoms with Crippen molar-refractivity contribution < 1.29 is 14.2 Å². The van der Waals surface area contributed by atoms with Gasteiger partial charge in [-0.05, 0) is 48.7 Å². The molecule has 1 fully saturated rings. The standard InChI is InChI=1S/C27H34ClN3O3/c1-3-26-29-12-15-31(26)16-17-33-24-8-4-6-22(18-24)20-30-13-10-27(32-2,11-14-30)21-34-25-9-5-7-23(28)19-25/h4-9,12,15,18-19H,3,10-11,13-14,16-17,20-21H2,1-2H3. The van der Waals surface area contributed by atoms with E-state index in [0.29, 0.717) is 18.2 Å². The monoisotopic (exact) mass is 483 g/mol. The Morgan fingerprint density at radius 2 is 1.79 bits per heavy atom. The fourth-order valence-corrected chi connectivity index (χ4v) is 4.59. The number of benzene rings is 2. The number of imidazole rings is 1. The first-order chi connectivity index (χ1) is 16.6. The predicted octanol–water partition coefficient (Wildman–Crippen LogP) is 5.24. The maximum Gasteiger partial charge on any atom is 0.120 e. The fourth-order valence-electron chi connectivity index (χ4n) is 4.41. The van der Waals surface area contributed by atoms with E-state index in [9.17, 15) is 0 Å². The highest BCUT2D eigenvalue weighted by molar-refractivity contribution is 6.30. The van der Waals surface area contributed by atoms with Crippen molar-refractivity contribution in [3.05, 3.63) is 77.3 Å². The number of aromatic nitrogens is 2. The molecule has 34 heavy (non-hydrogen) atoms. The molecule has 0 N–H and O–H groups in total. The number of nitrogens with zero attached hydrogens (tertiary/aromatic N) is 3. The lowest BCUT2D eigenvalue weighted by atomic mass is 9.91. The molecule has 1 aromatic heterocycles. The van der Waals surface area contributed by atoms with E-state index in [0.717, 1.165) is 62.8 Å². The zero-order chi connectivity index (χ0) is 23.8. The second-order valence-electron chi connectivity index (χ2n) is 8.80. The van der Waals surface area contributed by atoms with Crippen LogP contribution in [0.5, 0.6) is 11.5 Å². The minimum absolute atomic E-state index is 0.269. The Labute approximate surface area is 207 Å². The lowest BCUT2D eigenvalue weighted by Crippen LogP contribution is -2.48. The van der Waals surface area contributed by atoms with Crippen LogP contribution in [0.4, 0.5) is 0 Å². The summed E-state index contributed by atoms with van der Waals surface area (Å²) in [5, 5.41) is 0.678. The van der Waals surface area contributed by atoms with E-state index >= 15 is 0 Å². The van der Waals surface area contributed by atoms with Gasteiger partial charge in [-0.3, -0.25) is 4.90 Å². The van der Waals surface area contributed by atoms with Crippen LogP contribution in [0.3, 0.4) is 0 Å². The van der Waals surface area contributed by atoms with E-state index in [2.05, 4.69) is 39.6 Å². The molecule has 0 spiro atoms. The number of likely N-dealkylation sites (tertiary alicyclic amines) is 1. The third kappa shape index (κ3) is 6.53. The maximum absolute atomic E-state index is 6.08. The van der Waals surface area contributed by atoms with Crippen molar-refractivity contribution in [3.8, 4) is 11.5 Å². The molecular weight excluding hydrogens is 450 g/mol. The molecule has 0 bridgehead atoms. The van der Waals surface area contributed by atoms with Crippen molar-refractivity contribution in [2.45, 2.75) is 44.9 Å². The first kappa shape index (κ1) is 24.6. The average Bonchev–Trinajstić information content (AvgIpc) is 3.32. The van der Waals surface area contributed by atoms with Gasteiger partial charge in [0.2, 0.25) is 0 Å². The van der Waals surface area contributed by atoms with Crippen molar-refractivity contribution in [1.82, 2.24) is 14.5 Å². The molecule has 0 unspecified atom stereocenters. The first-order valence-electron chi connectivity index (χ1n) is 12.0. The van der Waals surface area contributed by atoms with Crippen LogP contribution in [0.15, 0.2) is 60.9 Å². The third-order valence-corrected chi connectivity index (χ3v) is 6.76. The number of ether oxygens (including phenoxy) is 3. The van der Waals surface area contributed by atoms with Gasteiger partial charge >= 0.3 is 0 Å². The molecule has 4 rings (SSSR count). The quantitative estimate of drug-likeness (QED) is 0.373. The van der Waals surface area contributed by atoms with E-state index < -0.39 is 0 Å². The van der Waals surface area contributed by atoms with Gasteiger partial charge in [-0.15, -0.1) is 0 Å². The van der Waals surface area contributed by atoms with Crippen LogP contribution in [0.2, 0.25) is 5.02 Å². The average molecular weight is 484 g/mol. The second kappa shape index (κ2) is 11.7. The molecule has 6 nitrogen and oxygen atoms in total. The van der Waals surface area contributed by atoms with Crippen LogP contribution < -0.4 is 9.47 Å². The lowest BCUT2D eigenvalue weighted by Gasteiger charge is -2.40. The van der Waals surface area contributed by atoms with Gasteiger partial charge < -0.3 is 18.8 Å². The summed E-state index contributed by atoms with van der Waals surface area (Å²) in [5.74, 6) is 2.78. The molecule has 0 radical (unpaired) electrons.